The molecular formula is C17H30N6O2. The number of hydrogen-bond acceptors (Lipinski definition) is 5. The zero-order valence-electron chi connectivity index (χ0n) is 15.6. The van der Waals surface area contributed by atoms with Gasteiger partial charge < -0.3 is 19.5 Å². The lowest BCUT2D eigenvalue weighted by Crippen LogP contribution is -2.46. The van der Waals surface area contributed by atoms with E-state index < -0.39 is 0 Å². The van der Waals surface area contributed by atoms with Gasteiger partial charge in [-0.05, 0) is 26.7 Å². The Bertz CT molecular complexity index is 563. The summed E-state index contributed by atoms with van der Waals surface area (Å²) in [4.78, 5) is 18.8. The number of aryl methyl sites for hydroxylation is 1. The summed E-state index contributed by atoms with van der Waals surface area (Å²) in [7, 11) is 0. The number of guanidine groups is 1. The number of hydrogen-bond donors (Lipinski definition) is 1. The van der Waals surface area contributed by atoms with E-state index in [1.165, 1.54) is 0 Å². The first-order valence-corrected chi connectivity index (χ1v) is 9.26. The van der Waals surface area contributed by atoms with Gasteiger partial charge in [-0.25, -0.2) is 0 Å². The molecule has 1 aliphatic heterocycles. The SMILES string of the molecule is CCNC(=NCCn1cnnc1CC)N1CCC(C(=O)OCC)CC1. The summed E-state index contributed by atoms with van der Waals surface area (Å²) in [6, 6.07) is 0. The van der Waals surface area contributed by atoms with Crippen molar-refractivity contribution in [2.45, 2.75) is 46.6 Å². The van der Waals surface area contributed by atoms with Crippen LogP contribution in [0.4, 0.5) is 0 Å². The zero-order valence-corrected chi connectivity index (χ0v) is 15.6. The summed E-state index contributed by atoms with van der Waals surface area (Å²) in [5.74, 6) is 1.85. The van der Waals surface area contributed by atoms with Gasteiger partial charge in [0.15, 0.2) is 5.96 Å². The summed E-state index contributed by atoms with van der Waals surface area (Å²) in [6.07, 6.45) is 4.25. The third-order valence-electron chi connectivity index (χ3n) is 4.36. The Morgan fingerprint density at radius 3 is 2.76 bits per heavy atom. The number of nitrogens with zero attached hydrogens (tertiary/aromatic N) is 5. The number of aromatic nitrogens is 3. The molecule has 1 N–H and O–H groups in total. The summed E-state index contributed by atoms with van der Waals surface area (Å²) >= 11 is 0. The first-order valence-electron chi connectivity index (χ1n) is 9.26. The van der Waals surface area contributed by atoms with Crippen LogP contribution in [0.3, 0.4) is 0 Å². The molecule has 0 spiro atoms. The molecule has 0 atom stereocenters. The topological polar surface area (TPSA) is 84.6 Å². The molecule has 0 aromatic carbocycles. The minimum atomic E-state index is -0.0659. The molecule has 8 nitrogen and oxygen atoms in total. The number of likely N-dealkylation sites (tertiary alicyclic amines) is 1. The van der Waals surface area contributed by atoms with E-state index >= 15 is 0 Å². The Balaban J connectivity index is 1.88. The summed E-state index contributed by atoms with van der Waals surface area (Å²) in [5.41, 5.74) is 0. The second kappa shape index (κ2) is 10.0. The van der Waals surface area contributed by atoms with E-state index in [0.717, 1.165) is 57.2 Å². The second-order valence-electron chi connectivity index (χ2n) is 6.04. The molecule has 2 heterocycles. The Hall–Kier alpha value is -2.12. The van der Waals surface area contributed by atoms with Gasteiger partial charge >= 0.3 is 5.97 Å². The van der Waals surface area contributed by atoms with Crippen LogP contribution in [-0.4, -0.2) is 64.4 Å². The first-order chi connectivity index (χ1) is 12.2. The van der Waals surface area contributed by atoms with Crippen LogP contribution >= 0.6 is 0 Å². The highest BCUT2D eigenvalue weighted by Gasteiger charge is 2.27. The highest BCUT2D eigenvalue weighted by molar-refractivity contribution is 5.80. The molecule has 0 radical (unpaired) electrons. The maximum atomic E-state index is 11.9. The van der Waals surface area contributed by atoms with E-state index in [1.54, 1.807) is 6.33 Å². The summed E-state index contributed by atoms with van der Waals surface area (Å²) in [5, 5.41) is 11.4. The number of ether oxygens (including phenoxy) is 1. The molecular weight excluding hydrogens is 320 g/mol. The standard InChI is InChI=1S/C17H30N6O2/c1-4-15-21-20-13-23(15)12-9-19-17(18-5-2)22-10-7-14(8-11-22)16(24)25-6-3/h13-14H,4-12H2,1-3H3,(H,18,19). The largest absolute Gasteiger partial charge is 0.466 e. The van der Waals surface area contributed by atoms with Crippen molar-refractivity contribution in [3.8, 4) is 0 Å². The van der Waals surface area contributed by atoms with Gasteiger partial charge in [-0.15, -0.1) is 10.2 Å². The van der Waals surface area contributed by atoms with Crippen LogP contribution in [0, 0.1) is 5.92 Å². The van der Waals surface area contributed by atoms with Crippen LogP contribution in [0.25, 0.3) is 0 Å². The lowest BCUT2D eigenvalue weighted by atomic mass is 9.97. The van der Waals surface area contributed by atoms with Crippen LogP contribution in [0.2, 0.25) is 0 Å². The van der Waals surface area contributed by atoms with Gasteiger partial charge in [0.1, 0.15) is 12.2 Å². The van der Waals surface area contributed by atoms with Crippen LogP contribution in [0.1, 0.15) is 39.4 Å². The van der Waals surface area contributed by atoms with Gasteiger partial charge in [-0.2, -0.15) is 0 Å². The molecule has 1 aliphatic rings. The number of nitrogens with one attached hydrogen (secondary N) is 1. The van der Waals surface area contributed by atoms with Crippen molar-refractivity contribution in [1.29, 1.82) is 0 Å². The third kappa shape index (κ3) is 5.44. The molecule has 8 heteroatoms. The monoisotopic (exact) mass is 350 g/mol. The maximum absolute atomic E-state index is 11.9. The molecule has 140 valence electrons. The minimum absolute atomic E-state index is 0.0169. The smallest absolute Gasteiger partial charge is 0.309 e. The molecule has 1 fully saturated rings. The highest BCUT2D eigenvalue weighted by Crippen LogP contribution is 2.18. The van der Waals surface area contributed by atoms with Gasteiger partial charge in [-0.1, -0.05) is 6.92 Å². The fraction of sp³-hybridized carbons (Fsp3) is 0.765. The molecule has 0 aliphatic carbocycles. The molecule has 1 aromatic heterocycles. The molecule has 0 amide bonds. The van der Waals surface area contributed by atoms with E-state index in [9.17, 15) is 4.79 Å². The third-order valence-corrected chi connectivity index (χ3v) is 4.36. The fourth-order valence-corrected chi connectivity index (χ4v) is 3.02. The van der Waals surface area contributed by atoms with Crippen molar-refractivity contribution in [1.82, 2.24) is 25.0 Å². The van der Waals surface area contributed by atoms with Gasteiger partial charge in [0.05, 0.1) is 19.1 Å². The molecule has 0 saturated carbocycles. The molecule has 2 rings (SSSR count). The molecule has 25 heavy (non-hydrogen) atoms. The zero-order chi connectivity index (χ0) is 18.1. The van der Waals surface area contributed by atoms with Crippen LogP contribution in [-0.2, 0) is 22.5 Å². The average molecular weight is 350 g/mol. The van der Waals surface area contributed by atoms with Crippen LogP contribution < -0.4 is 5.32 Å². The van der Waals surface area contributed by atoms with E-state index in [0.29, 0.717) is 13.2 Å². The highest BCUT2D eigenvalue weighted by atomic mass is 16.5. The number of carbonyl (C=O) groups excluding carboxylic acids is 1. The Morgan fingerprint density at radius 1 is 1.36 bits per heavy atom. The normalized spacial score (nSPS) is 16.1. The van der Waals surface area contributed by atoms with Crippen LogP contribution in [0.15, 0.2) is 11.3 Å². The summed E-state index contributed by atoms with van der Waals surface area (Å²) < 4.78 is 7.18. The Labute approximate surface area is 149 Å². The Kier molecular flexibility index (Phi) is 7.69. The Morgan fingerprint density at radius 2 is 2.12 bits per heavy atom. The fourth-order valence-electron chi connectivity index (χ4n) is 3.02. The number of piperidine rings is 1. The predicted molar refractivity (Wildman–Crippen MR) is 96.3 cm³/mol. The predicted octanol–water partition coefficient (Wildman–Crippen LogP) is 1.08. The van der Waals surface area contributed by atoms with Gasteiger partial charge in [0, 0.05) is 32.6 Å². The van der Waals surface area contributed by atoms with Crippen LogP contribution in [0.5, 0.6) is 0 Å². The van der Waals surface area contributed by atoms with Crippen molar-refractivity contribution < 1.29 is 9.53 Å². The molecule has 1 saturated heterocycles. The lowest BCUT2D eigenvalue weighted by molar-refractivity contribution is -0.149. The molecule has 1 aromatic rings. The lowest BCUT2D eigenvalue weighted by Gasteiger charge is -2.33. The number of esters is 1. The molecule has 0 bridgehead atoms. The van der Waals surface area contributed by atoms with Gasteiger partial charge in [0.25, 0.3) is 0 Å². The van der Waals surface area contributed by atoms with Crippen molar-refractivity contribution in [3.05, 3.63) is 12.2 Å². The number of carbonyl (C=O) groups is 1. The quantitative estimate of drug-likeness (QED) is 0.450. The number of aliphatic imine (C=N–C) groups is 1. The first kappa shape index (κ1) is 19.2. The van der Waals surface area contributed by atoms with Crippen molar-refractivity contribution in [2.75, 3.05) is 32.8 Å². The summed E-state index contributed by atoms with van der Waals surface area (Å²) in [6.45, 7) is 10.3. The van der Waals surface area contributed by atoms with Crippen molar-refractivity contribution in [2.24, 2.45) is 10.9 Å². The van der Waals surface area contributed by atoms with Gasteiger partial charge in [-0.3, -0.25) is 9.79 Å². The minimum Gasteiger partial charge on any atom is -0.466 e. The van der Waals surface area contributed by atoms with E-state index in [1.807, 2.05) is 11.5 Å². The van der Waals surface area contributed by atoms with Gasteiger partial charge in [0.2, 0.25) is 0 Å². The van der Waals surface area contributed by atoms with E-state index in [4.69, 9.17) is 9.73 Å². The van der Waals surface area contributed by atoms with Crippen molar-refractivity contribution in [3.63, 3.8) is 0 Å². The van der Waals surface area contributed by atoms with E-state index in [2.05, 4.69) is 34.3 Å². The number of rotatable bonds is 7. The van der Waals surface area contributed by atoms with E-state index in [-0.39, 0.29) is 11.9 Å². The molecule has 0 unspecified atom stereocenters. The average Bonchev–Trinajstić information content (AvgIpc) is 3.09. The second-order valence-corrected chi connectivity index (χ2v) is 6.04. The maximum Gasteiger partial charge on any atom is 0.309 e. The van der Waals surface area contributed by atoms with Crippen molar-refractivity contribution >= 4 is 11.9 Å².